The van der Waals surface area contributed by atoms with Crippen molar-refractivity contribution < 1.29 is 0 Å². The van der Waals surface area contributed by atoms with Crippen molar-refractivity contribution in [2.75, 3.05) is 0 Å². The Bertz CT molecular complexity index is 467. The molecule has 0 radical (unpaired) electrons. The first-order chi connectivity index (χ1) is 7.79. The number of nitrogens with zero attached hydrogens (tertiary/aromatic N) is 4. The highest BCUT2D eigenvalue weighted by Crippen LogP contribution is 2.17. The Morgan fingerprint density at radius 1 is 1.38 bits per heavy atom. The molecule has 0 unspecified atom stereocenters. The fraction of sp³-hybridized carbons (Fsp3) is 0.364. The highest BCUT2D eigenvalue weighted by atomic mass is 35.5. The van der Waals surface area contributed by atoms with Crippen LogP contribution in [0.1, 0.15) is 19.8 Å². The van der Waals surface area contributed by atoms with Crippen molar-refractivity contribution >= 4 is 11.6 Å². The molecule has 0 amide bonds. The third-order valence-corrected chi connectivity index (χ3v) is 2.51. The van der Waals surface area contributed by atoms with Crippen LogP contribution in [0.2, 0.25) is 5.15 Å². The van der Waals surface area contributed by atoms with E-state index in [1.165, 1.54) is 6.33 Å². The SMILES string of the molecule is CCCCn1cc(-c2cc(Cl)ncn2)cn1. The number of aromatic nitrogens is 4. The van der Waals surface area contributed by atoms with E-state index in [9.17, 15) is 0 Å². The molecule has 0 aliphatic rings. The van der Waals surface area contributed by atoms with E-state index in [1.54, 1.807) is 12.3 Å². The van der Waals surface area contributed by atoms with E-state index in [0.29, 0.717) is 5.15 Å². The van der Waals surface area contributed by atoms with Gasteiger partial charge in [-0.3, -0.25) is 4.68 Å². The van der Waals surface area contributed by atoms with E-state index < -0.39 is 0 Å². The molecule has 2 aromatic heterocycles. The van der Waals surface area contributed by atoms with Crippen molar-refractivity contribution in [2.45, 2.75) is 26.3 Å². The largest absolute Gasteiger partial charge is 0.272 e. The van der Waals surface area contributed by atoms with Crippen molar-refractivity contribution in [1.29, 1.82) is 0 Å². The van der Waals surface area contributed by atoms with Crippen LogP contribution in [0.4, 0.5) is 0 Å². The van der Waals surface area contributed by atoms with Gasteiger partial charge in [0.25, 0.3) is 0 Å². The van der Waals surface area contributed by atoms with E-state index in [-0.39, 0.29) is 0 Å². The summed E-state index contributed by atoms with van der Waals surface area (Å²) in [5, 5.41) is 4.72. The first-order valence-corrected chi connectivity index (χ1v) is 5.67. The lowest BCUT2D eigenvalue weighted by atomic mass is 10.2. The molecule has 0 saturated heterocycles. The van der Waals surface area contributed by atoms with E-state index in [0.717, 1.165) is 30.6 Å². The normalized spacial score (nSPS) is 10.6. The number of halogens is 1. The van der Waals surface area contributed by atoms with Gasteiger partial charge >= 0.3 is 0 Å². The smallest absolute Gasteiger partial charge is 0.133 e. The van der Waals surface area contributed by atoms with Crippen molar-refractivity contribution in [2.24, 2.45) is 0 Å². The zero-order valence-corrected chi connectivity index (χ0v) is 9.85. The van der Waals surface area contributed by atoms with Crippen molar-refractivity contribution in [1.82, 2.24) is 19.7 Å². The van der Waals surface area contributed by atoms with Crippen molar-refractivity contribution in [3.8, 4) is 11.3 Å². The number of hydrogen-bond acceptors (Lipinski definition) is 3. The monoisotopic (exact) mass is 236 g/mol. The summed E-state index contributed by atoms with van der Waals surface area (Å²) in [5.74, 6) is 0. The summed E-state index contributed by atoms with van der Waals surface area (Å²) < 4.78 is 1.93. The molecule has 84 valence electrons. The second-order valence-electron chi connectivity index (χ2n) is 3.57. The molecular formula is C11H13ClN4. The van der Waals surface area contributed by atoms with Gasteiger partial charge in [0.1, 0.15) is 11.5 Å². The summed E-state index contributed by atoms with van der Waals surface area (Å²) in [5.41, 5.74) is 1.78. The zero-order chi connectivity index (χ0) is 11.4. The summed E-state index contributed by atoms with van der Waals surface area (Å²) in [4.78, 5) is 8.00. The summed E-state index contributed by atoms with van der Waals surface area (Å²) >= 11 is 5.81. The fourth-order valence-corrected chi connectivity index (χ4v) is 1.58. The molecule has 4 nitrogen and oxygen atoms in total. The number of rotatable bonds is 4. The maximum absolute atomic E-state index is 5.81. The molecule has 2 rings (SSSR count). The fourth-order valence-electron chi connectivity index (χ4n) is 1.43. The van der Waals surface area contributed by atoms with E-state index in [4.69, 9.17) is 11.6 Å². The van der Waals surface area contributed by atoms with Gasteiger partial charge in [-0.25, -0.2) is 9.97 Å². The molecule has 2 heterocycles. The summed E-state index contributed by atoms with van der Waals surface area (Å²) in [6, 6.07) is 1.74. The van der Waals surface area contributed by atoms with Gasteiger partial charge in [-0.05, 0) is 6.42 Å². The molecule has 16 heavy (non-hydrogen) atoms. The van der Waals surface area contributed by atoms with Gasteiger partial charge in [-0.15, -0.1) is 0 Å². The zero-order valence-electron chi connectivity index (χ0n) is 9.10. The highest BCUT2D eigenvalue weighted by Gasteiger charge is 2.03. The van der Waals surface area contributed by atoms with Crippen LogP contribution in [0.3, 0.4) is 0 Å². The minimum Gasteiger partial charge on any atom is -0.272 e. The van der Waals surface area contributed by atoms with E-state index in [2.05, 4.69) is 22.0 Å². The average Bonchev–Trinajstić information content (AvgIpc) is 2.75. The van der Waals surface area contributed by atoms with Crippen LogP contribution >= 0.6 is 11.6 Å². The minimum atomic E-state index is 0.450. The summed E-state index contributed by atoms with van der Waals surface area (Å²) in [7, 11) is 0. The highest BCUT2D eigenvalue weighted by molar-refractivity contribution is 6.29. The summed E-state index contributed by atoms with van der Waals surface area (Å²) in [6.07, 6.45) is 7.53. The van der Waals surface area contributed by atoms with Crippen LogP contribution in [0, 0.1) is 0 Å². The van der Waals surface area contributed by atoms with Crippen LogP contribution < -0.4 is 0 Å². The first-order valence-electron chi connectivity index (χ1n) is 5.30. The Hall–Kier alpha value is -1.42. The van der Waals surface area contributed by atoms with E-state index in [1.807, 2.05) is 10.9 Å². The molecule has 0 aliphatic carbocycles. The van der Waals surface area contributed by atoms with Gasteiger partial charge in [0.2, 0.25) is 0 Å². The maximum atomic E-state index is 5.81. The number of hydrogen-bond donors (Lipinski definition) is 0. The van der Waals surface area contributed by atoms with E-state index >= 15 is 0 Å². The van der Waals surface area contributed by atoms with Crippen molar-refractivity contribution in [3.05, 3.63) is 29.9 Å². The van der Waals surface area contributed by atoms with Gasteiger partial charge < -0.3 is 0 Å². The molecule has 0 spiro atoms. The summed E-state index contributed by atoms with van der Waals surface area (Å²) in [6.45, 7) is 3.10. The molecule has 0 bridgehead atoms. The quantitative estimate of drug-likeness (QED) is 0.767. The molecule has 0 fully saturated rings. The predicted octanol–water partition coefficient (Wildman–Crippen LogP) is 2.79. The van der Waals surface area contributed by atoms with Crippen LogP contribution in [-0.4, -0.2) is 19.7 Å². The molecule has 2 aromatic rings. The van der Waals surface area contributed by atoms with Gasteiger partial charge in [0.05, 0.1) is 11.9 Å². The second kappa shape index (κ2) is 5.07. The van der Waals surface area contributed by atoms with Crippen LogP contribution in [0.5, 0.6) is 0 Å². The number of unbranched alkanes of at least 4 members (excludes halogenated alkanes) is 1. The van der Waals surface area contributed by atoms with Gasteiger partial charge in [0.15, 0.2) is 0 Å². The topological polar surface area (TPSA) is 43.6 Å². The first kappa shape index (κ1) is 11.1. The third-order valence-electron chi connectivity index (χ3n) is 2.30. The minimum absolute atomic E-state index is 0.450. The Morgan fingerprint density at radius 2 is 2.25 bits per heavy atom. The number of aryl methyl sites for hydroxylation is 1. The second-order valence-corrected chi connectivity index (χ2v) is 3.96. The lowest BCUT2D eigenvalue weighted by molar-refractivity contribution is 0.572. The lowest BCUT2D eigenvalue weighted by Gasteiger charge is -1.98. The third kappa shape index (κ3) is 2.58. The Labute approximate surface area is 99.3 Å². The molecule has 0 N–H and O–H groups in total. The molecule has 0 atom stereocenters. The average molecular weight is 237 g/mol. The van der Waals surface area contributed by atoms with Gasteiger partial charge in [-0.2, -0.15) is 5.10 Å². The standard InChI is InChI=1S/C11H13ClN4/c1-2-3-4-16-7-9(6-15-16)10-5-11(12)14-8-13-10/h5-8H,2-4H2,1H3. The predicted molar refractivity (Wildman–Crippen MR) is 63.2 cm³/mol. The molecule has 5 heteroatoms. The lowest BCUT2D eigenvalue weighted by Crippen LogP contribution is -1.96. The Morgan fingerprint density at radius 3 is 3.00 bits per heavy atom. The van der Waals surface area contributed by atoms with Crippen LogP contribution in [0.15, 0.2) is 24.8 Å². The maximum Gasteiger partial charge on any atom is 0.133 e. The molecule has 0 saturated carbocycles. The molecule has 0 aliphatic heterocycles. The van der Waals surface area contributed by atoms with Gasteiger partial charge in [-0.1, -0.05) is 24.9 Å². The van der Waals surface area contributed by atoms with Crippen molar-refractivity contribution in [3.63, 3.8) is 0 Å². The molecule has 0 aromatic carbocycles. The van der Waals surface area contributed by atoms with Crippen LogP contribution in [0.25, 0.3) is 11.3 Å². The van der Waals surface area contributed by atoms with Crippen LogP contribution in [-0.2, 0) is 6.54 Å². The molecular weight excluding hydrogens is 224 g/mol. The van der Waals surface area contributed by atoms with Gasteiger partial charge in [0, 0.05) is 24.4 Å². The Kier molecular flexibility index (Phi) is 3.51. The Balaban J connectivity index is 2.18.